The minimum Gasteiger partial charge on any atom is -0.383 e. The predicted molar refractivity (Wildman–Crippen MR) is 127 cm³/mol. The molecular weight excluding hydrogens is 440 g/mol. The lowest BCUT2D eigenvalue weighted by Crippen LogP contribution is -2.42. The summed E-state index contributed by atoms with van der Waals surface area (Å²) in [7, 11) is 3.41. The summed E-state index contributed by atoms with van der Waals surface area (Å²) in [6, 6.07) is 13.0. The molecule has 1 aromatic heterocycles. The molecule has 1 aliphatic rings. The molecule has 1 fully saturated rings. The number of methoxy groups -OCH3 is 1. The van der Waals surface area contributed by atoms with Crippen molar-refractivity contribution in [2.24, 2.45) is 7.05 Å². The van der Waals surface area contributed by atoms with Crippen LogP contribution in [0.15, 0.2) is 48.5 Å². The average Bonchev–Trinajstić information content (AvgIpc) is 3.34. The summed E-state index contributed by atoms with van der Waals surface area (Å²) >= 11 is 0. The van der Waals surface area contributed by atoms with Gasteiger partial charge in [0.2, 0.25) is 0 Å². The number of ether oxygens (including phenoxy) is 1. The van der Waals surface area contributed by atoms with Crippen molar-refractivity contribution in [2.75, 3.05) is 38.7 Å². The van der Waals surface area contributed by atoms with Crippen molar-refractivity contribution < 1.29 is 18.3 Å². The molecule has 180 valence electrons. The monoisotopic (exact) mass is 469 g/mol. The van der Waals surface area contributed by atoms with Gasteiger partial charge >= 0.3 is 6.03 Å². The number of hydrogen-bond acceptors (Lipinski definition) is 4. The van der Waals surface area contributed by atoms with Crippen LogP contribution in [0.4, 0.5) is 19.4 Å². The van der Waals surface area contributed by atoms with Crippen molar-refractivity contribution in [3.05, 3.63) is 71.4 Å². The van der Waals surface area contributed by atoms with Gasteiger partial charge in [-0.25, -0.2) is 13.6 Å². The Bertz CT molecular complexity index is 1150. The second kappa shape index (κ2) is 10.3. The second-order valence-corrected chi connectivity index (χ2v) is 8.54. The first-order chi connectivity index (χ1) is 16.4. The Morgan fingerprint density at radius 3 is 2.62 bits per heavy atom. The summed E-state index contributed by atoms with van der Waals surface area (Å²) in [5.41, 5.74) is 3.25. The van der Waals surface area contributed by atoms with Gasteiger partial charge in [0.15, 0.2) is 11.6 Å². The third kappa shape index (κ3) is 5.10. The quantitative estimate of drug-likeness (QED) is 0.551. The number of carbonyl (C=O) groups excluding carboxylic acids is 1. The Hall–Kier alpha value is -3.30. The number of nitrogens with zero attached hydrogens (tertiary/aromatic N) is 3. The molecule has 2 atom stereocenters. The number of amides is 2. The second-order valence-electron chi connectivity index (χ2n) is 8.54. The molecule has 1 aliphatic heterocycles. The van der Waals surface area contributed by atoms with Crippen LogP contribution in [0.3, 0.4) is 0 Å². The van der Waals surface area contributed by atoms with Crippen molar-refractivity contribution in [1.82, 2.24) is 20.0 Å². The fourth-order valence-electron chi connectivity index (χ4n) is 4.58. The first-order valence-corrected chi connectivity index (χ1v) is 11.2. The molecule has 0 saturated carbocycles. The summed E-state index contributed by atoms with van der Waals surface area (Å²) in [6.07, 6.45) is 0. The smallest absolute Gasteiger partial charge is 0.320 e. The minimum absolute atomic E-state index is 0.195. The highest BCUT2D eigenvalue weighted by Crippen LogP contribution is 2.32. The summed E-state index contributed by atoms with van der Waals surface area (Å²) in [4.78, 5) is 15.2. The van der Waals surface area contributed by atoms with Gasteiger partial charge in [-0.1, -0.05) is 36.4 Å². The normalized spacial score (nSPS) is 18.3. The number of urea groups is 1. The SMILES string of the molecule is COCCN1C[C@@H](NC(=O)Nc2c(-c3ccccc3)c(C)nn2C)[C@H](c2ccc(F)c(F)c2)C1. The largest absolute Gasteiger partial charge is 0.383 e. The summed E-state index contributed by atoms with van der Waals surface area (Å²) in [5, 5.41) is 10.5. The van der Waals surface area contributed by atoms with E-state index < -0.39 is 11.6 Å². The lowest BCUT2D eigenvalue weighted by atomic mass is 9.94. The molecule has 3 aromatic rings. The highest BCUT2D eigenvalue weighted by atomic mass is 19.2. The molecule has 0 aliphatic carbocycles. The molecule has 0 spiro atoms. The standard InChI is InChI=1S/C25H29F2N5O2/c1-16-23(17-7-5-4-6-8-17)24(31(2)30-16)29-25(33)28-22-15-32(11-12-34-3)14-19(22)18-9-10-20(26)21(27)13-18/h4-10,13,19,22H,11-12,14-15H2,1-3H3,(H2,28,29,33)/t19-,22+/m0/s1. The van der Waals surface area contributed by atoms with Crippen LogP contribution in [0, 0.1) is 18.6 Å². The number of likely N-dealkylation sites (tertiary alicyclic amines) is 1. The Morgan fingerprint density at radius 2 is 1.91 bits per heavy atom. The first-order valence-electron chi connectivity index (χ1n) is 11.2. The number of nitrogens with one attached hydrogen (secondary N) is 2. The molecule has 0 unspecified atom stereocenters. The first kappa shape index (κ1) is 23.8. The van der Waals surface area contributed by atoms with E-state index in [0.717, 1.165) is 22.9 Å². The zero-order valence-electron chi connectivity index (χ0n) is 19.5. The topological polar surface area (TPSA) is 71.4 Å². The van der Waals surface area contributed by atoms with Gasteiger partial charge in [-0.3, -0.25) is 14.9 Å². The zero-order chi connectivity index (χ0) is 24.2. The van der Waals surface area contributed by atoms with E-state index in [1.165, 1.54) is 6.07 Å². The van der Waals surface area contributed by atoms with Crippen molar-refractivity contribution in [3.8, 4) is 11.1 Å². The molecule has 4 rings (SSSR count). The van der Waals surface area contributed by atoms with Crippen LogP contribution in [-0.4, -0.2) is 60.1 Å². The van der Waals surface area contributed by atoms with Crippen LogP contribution in [0.1, 0.15) is 17.2 Å². The van der Waals surface area contributed by atoms with E-state index in [4.69, 9.17) is 4.74 Å². The van der Waals surface area contributed by atoms with E-state index in [1.807, 2.05) is 37.3 Å². The molecule has 2 heterocycles. The Balaban J connectivity index is 1.54. The number of benzene rings is 2. The minimum atomic E-state index is -0.895. The fourth-order valence-corrected chi connectivity index (χ4v) is 4.58. The highest BCUT2D eigenvalue weighted by molar-refractivity contribution is 5.94. The Labute approximate surface area is 197 Å². The lowest BCUT2D eigenvalue weighted by molar-refractivity contribution is 0.159. The average molecular weight is 470 g/mol. The van der Waals surface area contributed by atoms with E-state index in [2.05, 4.69) is 20.6 Å². The van der Waals surface area contributed by atoms with E-state index >= 15 is 0 Å². The maximum Gasteiger partial charge on any atom is 0.320 e. The maximum atomic E-state index is 13.9. The van der Waals surface area contributed by atoms with Gasteiger partial charge < -0.3 is 10.1 Å². The molecule has 0 bridgehead atoms. The number of aryl methyl sites for hydroxylation is 2. The van der Waals surface area contributed by atoms with Gasteiger partial charge in [-0.05, 0) is 30.2 Å². The maximum absolute atomic E-state index is 13.9. The van der Waals surface area contributed by atoms with E-state index in [1.54, 1.807) is 24.9 Å². The highest BCUT2D eigenvalue weighted by Gasteiger charge is 2.35. The molecule has 2 N–H and O–H groups in total. The number of anilines is 1. The van der Waals surface area contributed by atoms with Crippen molar-refractivity contribution in [1.29, 1.82) is 0 Å². The van der Waals surface area contributed by atoms with Gasteiger partial charge in [-0.15, -0.1) is 0 Å². The molecule has 2 amide bonds. The molecule has 34 heavy (non-hydrogen) atoms. The zero-order valence-corrected chi connectivity index (χ0v) is 19.5. The van der Waals surface area contributed by atoms with Crippen molar-refractivity contribution in [3.63, 3.8) is 0 Å². The molecule has 9 heteroatoms. The van der Waals surface area contributed by atoms with E-state index in [-0.39, 0.29) is 18.0 Å². The summed E-state index contributed by atoms with van der Waals surface area (Å²) < 4.78 is 34.3. The molecule has 0 radical (unpaired) electrons. The molecule has 2 aromatic carbocycles. The number of rotatable bonds is 7. The number of halogens is 2. The number of hydrogen-bond donors (Lipinski definition) is 2. The lowest BCUT2D eigenvalue weighted by Gasteiger charge is -2.21. The van der Waals surface area contributed by atoms with Gasteiger partial charge in [-0.2, -0.15) is 5.10 Å². The van der Waals surface area contributed by atoms with Crippen LogP contribution in [0.25, 0.3) is 11.1 Å². The third-order valence-corrected chi connectivity index (χ3v) is 6.21. The van der Waals surface area contributed by atoms with Gasteiger partial charge in [0.25, 0.3) is 0 Å². The molecule has 7 nitrogen and oxygen atoms in total. The molecule has 1 saturated heterocycles. The Kier molecular flexibility index (Phi) is 7.23. The Morgan fingerprint density at radius 1 is 1.15 bits per heavy atom. The predicted octanol–water partition coefficient (Wildman–Crippen LogP) is 3.91. The van der Waals surface area contributed by atoms with Gasteiger partial charge in [0.1, 0.15) is 5.82 Å². The van der Waals surface area contributed by atoms with Crippen LogP contribution in [0.2, 0.25) is 0 Å². The van der Waals surface area contributed by atoms with Gasteiger partial charge in [0.05, 0.1) is 18.3 Å². The van der Waals surface area contributed by atoms with Crippen molar-refractivity contribution in [2.45, 2.75) is 18.9 Å². The van der Waals surface area contributed by atoms with Crippen LogP contribution < -0.4 is 10.6 Å². The van der Waals surface area contributed by atoms with Crippen LogP contribution in [-0.2, 0) is 11.8 Å². The number of carbonyl (C=O) groups is 1. The fraction of sp³-hybridized carbons (Fsp3) is 0.360. The third-order valence-electron chi connectivity index (χ3n) is 6.21. The van der Waals surface area contributed by atoms with Crippen LogP contribution in [0.5, 0.6) is 0 Å². The van der Waals surface area contributed by atoms with Gasteiger partial charge in [0, 0.05) is 45.3 Å². The molecular formula is C25H29F2N5O2. The van der Waals surface area contributed by atoms with Crippen LogP contribution >= 0.6 is 0 Å². The van der Waals surface area contributed by atoms with E-state index in [0.29, 0.717) is 37.6 Å². The summed E-state index contributed by atoms with van der Waals surface area (Å²) in [5.74, 6) is -1.39. The number of aromatic nitrogens is 2. The van der Waals surface area contributed by atoms with Crippen molar-refractivity contribution >= 4 is 11.8 Å². The summed E-state index contributed by atoms with van der Waals surface area (Å²) in [6.45, 7) is 4.28. The van der Waals surface area contributed by atoms with E-state index in [9.17, 15) is 13.6 Å².